The number of rotatable bonds is 6. The number of ether oxygens (including phenoxy) is 2. The number of hydrogen-bond acceptors (Lipinski definition) is 6. The molecule has 0 bridgehead atoms. The molecule has 1 unspecified atom stereocenters. The number of methoxy groups -OCH3 is 2. The molecule has 0 amide bonds. The minimum absolute atomic E-state index is 0.0237. The summed E-state index contributed by atoms with van der Waals surface area (Å²) in [7, 11) is 3.26. The van der Waals surface area contributed by atoms with Gasteiger partial charge in [0.2, 0.25) is 0 Å². The summed E-state index contributed by atoms with van der Waals surface area (Å²) < 4.78 is 10.2. The van der Waals surface area contributed by atoms with Gasteiger partial charge >= 0.3 is 0 Å². The second kappa shape index (κ2) is 6.15. The molecule has 1 heterocycles. The highest BCUT2D eigenvalue weighted by molar-refractivity contribution is 5.58. The van der Waals surface area contributed by atoms with Crippen molar-refractivity contribution in [1.29, 1.82) is 0 Å². The van der Waals surface area contributed by atoms with E-state index < -0.39 is 0 Å². The summed E-state index contributed by atoms with van der Waals surface area (Å²) in [4.78, 5) is 7.80. The van der Waals surface area contributed by atoms with Crippen LogP contribution in [0, 0.1) is 0 Å². The third-order valence-electron chi connectivity index (χ3n) is 1.92. The molecular formula is C9H16N4O2. The number of hydrogen-bond donors (Lipinski definition) is 2. The van der Waals surface area contributed by atoms with Gasteiger partial charge in [0.1, 0.15) is 6.33 Å². The number of nitrogen functional groups attached to an aromatic ring is 1. The van der Waals surface area contributed by atoms with Crippen LogP contribution in [0.25, 0.3) is 0 Å². The Balaban J connectivity index is 2.45. The molecule has 1 rings (SSSR count). The highest BCUT2D eigenvalue weighted by Crippen LogP contribution is 2.11. The van der Waals surface area contributed by atoms with Crippen LogP contribution in [0.15, 0.2) is 12.5 Å². The van der Waals surface area contributed by atoms with E-state index in [2.05, 4.69) is 15.3 Å². The summed E-state index contributed by atoms with van der Waals surface area (Å²) in [6, 6.07) is 0. The van der Waals surface area contributed by atoms with E-state index in [9.17, 15) is 0 Å². The first-order chi connectivity index (χ1) is 7.27. The van der Waals surface area contributed by atoms with Gasteiger partial charge in [0.15, 0.2) is 5.82 Å². The Morgan fingerprint density at radius 3 is 2.93 bits per heavy atom. The predicted octanol–water partition coefficient (Wildman–Crippen LogP) is 0.132. The molecular weight excluding hydrogens is 196 g/mol. The Labute approximate surface area is 88.8 Å². The molecule has 1 aromatic rings. The first kappa shape index (κ1) is 11.7. The molecule has 0 saturated carbocycles. The second-order valence-electron chi connectivity index (χ2n) is 3.02. The van der Waals surface area contributed by atoms with E-state index >= 15 is 0 Å². The molecule has 0 aliphatic heterocycles. The lowest BCUT2D eigenvalue weighted by Gasteiger charge is -2.15. The number of aromatic nitrogens is 2. The minimum atomic E-state index is -0.0237. The number of nitrogens with two attached hydrogens (primary N) is 1. The van der Waals surface area contributed by atoms with Gasteiger partial charge in [0.25, 0.3) is 0 Å². The Hall–Kier alpha value is -1.40. The van der Waals surface area contributed by atoms with Crippen LogP contribution in [0.4, 0.5) is 11.5 Å². The fraction of sp³-hybridized carbons (Fsp3) is 0.556. The smallest absolute Gasteiger partial charge is 0.152 e. The topological polar surface area (TPSA) is 82.3 Å². The Morgan fingerprint density at radius 1 is 1.53 bits per heavy atom. The molecule has 0 radical (unpaired) electrons. The lowest BCUT2D eigenvalue weighted by atomic mass is 10.3. The van der Waals surface area contributed by atoms with Crippen molar-refractivity contribution in [3.63, 3.8) is 0 Å². The van der Waals surface area contributed by atoms with Crippen LogP contribution in [-0.4, -0.2) is 43.4 Å². The third-order valence-corrected chi connectivity index (χ3v) is 1.92. The highest BCUT2D eigenvalue weighted by Gasteiger charge is 2.07. The van der Waals surface area contributed by atoms with Crippen molar-refractivity contribution in [2.24, 2.45) is 0 Å². The van der Waals surface area contributed by atoms with Gasteiger partial charge in [-0.1, -0.05) is 0 Å². The van der Waals surface area contributed by atoms with E-state index in [1.807, 2.05) is 0 Å². The first-order valence-corrected chi connectivity index (χ1v) is 4.59. The Bertz CT molecular complexity index is 295. The molecule has 1 aromatic heterocycles. The summed E-state index contributed by atoms with van der Waals surface area (Å²) in [6.45, 7) is 1.11. The molecule has 0 aromatic carbocycles. The fourth-order valence-electron chi connectivity index (χ4n) is 1.09. The molecule has 6 heteroatoms. The third kappa shape index (κ3) is 3.69. The van der Waals surface area contributed by atoms with Crippen molar-refractivity contribution in [2.45, 2.75) is 6.10 Å². The van der Waals surface area contributed by atoms with Crippen molar-refractivity contribution < 1.29 is 9.47 Å². The SMILES string of the molecule is COCC(CNc1ncncc1N)OC. The van der Waals surface area contributed by atoms with Gasteiger partial charge in [0.05, 0.1) is 24.6 Å². The van der Waals surface area contributed by atoms with E-state index in [0.29, 0.717) is 24.7 Å². The van der Waals surface area contributed by atoms with Crippen molar-refractivity contribution in [3.05, 3.63) is 12.5 Å². The number of anilines is 2. The van der Waals surface area contributed by atoms with Crippen LogP contribution < -0.4 is 11.1 Å². The molecule has 0 aliphatic rings. The van der Waals surface area contributed by atoms with Gasteiger partial charge in [-0.2, -0.15) is 0 Å². The largest absolute Gasteiger partial charge is 0.394 e. The van der Waals surface area contributed by atoms with Crippen LogP contribution in [0.5, 0.6) is 0 Å². The van der Waals surface area contributed by atoms with Gasteiger partial charge in [-0.05, 0) is 0 Å². The average molecular weight is 212 g/mol. The standard InChI is InChI=1S/C9H16N4O2/c1-14-5-7(15-2)3-12-9-8(10)4-11-6-13-9/h4,6-7H,3,5,10H2,1-2H3,(H,11,12,13). The zero-order valence-electron chi connectivity index (χ0n) is 8.93. The molecule has 15 heavy (non-hydrogen) atoms. The summed E-state index contributed by atoms with van der Waals surface area (Å²) in [6.07, 6.45) is 2.97. The van der Waals surface area contributed by atoms with E-state index in [1.54, 1.807) is 20.4 Å². The fourth-order valence-corrected chi connectivity index (χ4v) is 1.09. The van der Waals surface area contributed by atoms with E-state index in [4.69, 9.17) is 15.2 Å². The van der Waals surface area contributed by atoms with Crippen LogP contribution >= 0.6 is 0 Å². The molecule has 0 fully saturated rings. The van der Waals surface area contributed by atoms with Gasteiger partial charge in [-0.3, -0.25) is 0 Å². The monoisotopic (exact) mass is 212 g/mol. The molecule has 0 aliphatic carbocycles. The quantitative estimate of drug-likeness (QED) is 0.697. The molecule has 0 saturated heterocycles. The van der Waals surface area contributed by atoms with Crippen LogP contribution in [0.3, 0.4) is 0 Å². The molecule has 1 atom stereocenters. The van der Waals surface area contributed by atoms with Crippen molar-refractivity contribution >= 4 is 11.5 Å². The van der Waals surface area contributed by atoms with Crippen molar-refractivity contribution in [1.82, 2.24) is 9.97 Å². The maximum atomic E-state index is 5.66. The Morgan fingerprint density at radius 2 is 2.33 bits per heavy atom. The average Bonchev–Trinajstić information content (AvgIpc) is 2.26. The maximum Gasteiger partial charge on any atom is 0.152 e. The second-order valence-corrected chi connectivity index (χ2v) is 3.02. The first-order valence-electron chi connectivity index (χ1n) is 4.59. The Kier molecular flexibility index (Phi) is 4.79. The normalized spacial score (nSPS) is 12.4. The van der Waals surface area contributed by atoms with Crippen LogP contribution in [-0.2, 0) is 9.47 Å². The van der Waals surface area contributed by atoms with Gasteiger partial charge in [0, 0.05) is 20.8 Å². The summed E-state index contributed by atoms with van der Waals surface area (Å²) >= 11 is 0. The number of nitrogens with one attached hydrogen (secondary N) is 1. The lowest BCUT2D eigenvalue weighted by Crippen LogP contribution is -2.27. The van der Waals surface area contributed by atoms with Crippen LogP contribution in [0.1, 0.15) is 0 Å². The molecule has 0 spiro atoms. The van der Waals surface area contributed by atoms with Gasteiger partial charge < -0.3 is 20.5 Å². The van der Waals surface area contributed by atoms with Gasteiger partial charge in [-0.25, -0.2) is 9.97 Å². The van der Waals surface area contributed by atoms with Crippen molar-refractivity contribution in [3.8, 4) is 0 Å². The zero-order chi connectivity index (χ0) is 11.1. The van der Waals surface area contributed by atoms with Gasteiger partial charge in [-0.15, -0.1) is 0 Å². The molecule has 6 nitrogen and oxygen atoms in total. The summed E-state index contributed by atoms with van der Waals surface area (Å²) in [5.41, 5.74) is 6.18. The van der Waals surface area contributed by atoms with E-state index in [-0.39, 0.29) is 6.10 Å². The zero-order valence-corrected chi connectivity index (χ0v) is 8.93. The number of nitrogens with zero attached hydrogens (tertiary/aromatic N) is 2. The van der Waals surface area contributed by atoms with Crippen molar-refractivity contribution in [2.75, 3.05) is 38.4 Å². The highest BCUT2D eigenvalue weighted by atomic mass is 16.5. The van der Waals surface area contributed by atoms with Crippen LogP contribution in [0.2, 0.25) is 0 Å². The summed E-state index contributed by atoms with van der Waals surface area (Å²) in [5, 5.41) is 3.07. The predicted molar refractivity (Wildman–Crippen MR) is 57.6 cm³/mol. The maximum absolute atomic E-state index is 5.66. The minimum Gasteiger partial charge on any atom is -0.394 e. The molecule has 84 valence electrons. The van der Waals surface area contributed by atoms with E-state index in [1.165, 1.54) is 6.33 Å². The van der Waals surface area contributed by atoms with E-state index in [0.717, 1.165) is 0 Å². The molecule has 3 N–H and O–H groups in total. The summed E-state index contributed by atoms with van der Waals surface area (Å²) in [5.74, 6) is 0.614. The lowest BCUT2D eigenvalue weighted by molar-refractivity contribution is 0.0365.